The number of nitrogens with zero attached hydrogens (tertiary/aromatic N) is 2. The molecule has 4 aromatic rings. The van der Waals surface area contributed by atoms with Crippen molar-refractivity contribution >= 4 is 27.2 Å². The minimum atomic E-state index is 0.607. The second-order valence-corrected chi connectivity index (χ2v) is 8.83. The number of hydrogen-bond donors (Lipinski definition) is 0. The third-order valence-corrected chi connectivity index (χ3v) is 6.24. The Morgan fingerprint density at radius 3 is 2.57 bits per heavy atom. The lowest BCUT2D eigenvalue weighted by molar-refractivity contribution is -0.659. The molecule has 0 amide bonds. The molecule has 0 saturated carbocycles. The van der Waals surface area contributed by atoms with Crippen LogP contribution in [0.5, 0.6) is 11.5 Å². The smallest absolute Gasteiger partial charge is 0.227 e. The third-order valence-electron chi connectivity index (χ3n) is 6.24. The van der Waals surface area contributed by atoms with Gasteiger partial charge in [0.25, 0.3) is 0 Å². The molecular formula is C27H25N2O+. The number of ether oxygens (including phenoxy) is 1. The molecule has 1 aliphatic rings. The van der Waals surface area contributed by atoms with Gasteiger partial charge in [0, 0.05) is 11.6 Å². The van der Waals surface area contributed by atoms with Crippen molar-refractivity contribution < 1.29 is 9.30 Å². The van der Waals surface area contributed by atoms with Crippen molar-refractivity contribution in [3.8, 4) is 22.8 Å². The maximum absolute atomic E-state index is 7.48. The Morgan fingerprint density at radius 1 is 1.03 bits per heavy atom. The average molecular weight is 394 g/mol. The lowest BCUT2D eigenvalue weighted by atomic mass is 9.88. The van der Waals surface area contributed by atoms with Crippen molar-refractivity contribution in [2.24, 2.45) is 13.0 Å². The zero-order chi connectivity index (χ0) is 21.2. The Kier molecular flexibility index (Phi) is 4.08. The molecule has 148 valence electrons. The summed E-state index contributed by atoms with van der Waals surface area (Å²) in [6.45, 7) is 16.3. The molecule has 0 bridgehead atoms. The summed E-state index contributed by atoms with van der Waals surface area (Å²) in [7, 11) is 2.08. The summed E-state index contributed by atoms with van der Waals surface area (Å²) in [6, 6.07) is 12.7. The van der Waals surface area contributed by atoms with Crippen LogP contribution in [0.4, 0.5) is 5.69 Å². The van der Waals surface area contributed by atoms with Gasteiger partial charge in [-0.1, -0.05) is 32.0 Å². The van der Waals surface area contributed by atoms with Crippen LogP contribution in [-0.2, 0) is 13.5 Å². The van der Waals surface area contributed by atoms with Crippen LogP contribution in [0.1, 0.15) is 30.5 Å². The van der Waals surface area contributed by atoms with Crippen molar-refractivity contribution in [3.05, 3.63) is 70.7 Å². The van der Waals surface area contributed by atoms with Crippen LogP contribution >= 0.6 is 0 Å². The van der Waals surface area contributed by atoms with E-state index in [0.29, 0.717) is 11.6 Å². The van der Waals surface area contributed by atoms with Gasteiger partial charge in [0.2, 0.25) is 5.69 Å². The molecule has 0 fully saturated rings. The van der Waals surface area contributed by atoms with Crippen LogP contribution in [-0.4, -0.2) is 0 Å². The Bertz CT molecular complexity index is 1410. The number of benzene rings is 3. The highest BCUT2D eigenvalue weighted by Crippen LogP contribution is 2.51. The molecule has 3 heteroatoms. The molecule has 0 aliphatic carbocycles. The minimum Gasteiger partial charge on any atom is -0.457 e. The number of aryl methyl sites for hydroxylation is 3. The van der Waals surface area contributed by atoms with Crippen LogP contribution in [0.15, 0.2) is 42.6 Å². The van der Waals surface area contributed by atoms with E-state index in [9.17, 15) is 0 Å². The molecule has 0 spiro atoms. The van der Waals surface area contributed by atoms with Gasteiger partial charge >= 0.3 is 0 Å². The van der Waals surface area contributed by atoms with Gasteiger partial charge in [-0.15, -0.1) is 0 Å². The van der Waals surface area contributed by atoms with E-state index < -0.39 is 0 Å². The van der Waals surface area contributed by atoms with Gasteiger partial charge < -0.3 is 4.74 Å². The van der Waals surface area contributed by atoms with E-state index in [2.05, 4.69) is 74.6 Å². The Morgan fingerprint density at radius 2 is 1.83 bits per heavy atom. The predicted octanol–water partition coefficient (Wildman–Crippen LogP) is 6.96. The van der Waals surface area contributed by atoms with Crippen LogP contribution < -0.4 is 9.30 Å². The monoisotopic (exact) mass is 393 g/mol. The van der Waals surface area contributed by atoms with Crippen LogP contribution in [0, 0.1) is 26.3 Å². The molecular weight excluding hydrogens is 368 g/mol. The molecule has 1 aliphatic heterocycles. The lowest BCUT2D eigenvalue weighted by Crippen LogP contribution is -2.32. The molecule has 3 aromatic carbocycles. The summed E-state index contributed by atoms with van der Waals surface area (Å²) in [5, 5.41) is 4.66. The van der Waals surface area contributed by atoms with Crippen molar-refractivity contribution in [2.45, 2.75) is 34.1 Å². The van der Waals surface area contributed by atoms with Crippen molar-refractivity contribution in [2.75, 3.05) is 0 Å². The summed E-state index contributed by atoms with van der Waals surface area (Å²) < 4.78 is 8.71. The highest BCUT2D eigenvalue weighted by molar-refractivity contribution is 6.07. The van der Waals surface area contributed by atoms with E-state index in [4.69, 9.17) is 11.3 Å². The maximum atomic E-state index is 7.48. The van der Waals surface area contributed by atoms with Crippen molar-refractivity contribution in [1.82, 2.24) is 0 Å². The lowest BCUT2D eigenvalue weighted by Gasteiger charge is -2.24. The largest absolute Gasteiger partial charge is 0.457 e. The first kappa shape index (κ1) is 18.6. The van der Waals surface area contributed by atoms with Gasteiger partial charge in [-0.3, -0.25) is 0 Å². The zero-order valence-electron chi connectivity index (χ0n) is 18.1. The predicted molar refractivity (Wildman–Crippen MR) is 122 cm³/mol. The molecule has 30 heavy (non-hydrogen) atoms. The van der Waals surface area contributed by atoms with Gasteiger partial charge in [-0.25, -0.2) is 9.41 Å². The first-order valence-corrected chi connectivity index (χ1v) is 10.5. The molecule has 3 nitrogen and oxygen atoms in total. The number of hydrogen-bond acceptors (Lipinski definition) is 1. The second-order valence-electron chi connectivity index (χ2n) is 8.83. The highest BCUT2D eigenvalue weighted by Gasteiger charge is 2.32. The quantitative estimate of drug-likeness (QED) is 0.234. The number of aromatic nitrogens is 1. The van der Waals surface area contributed by atoms with Crippen LogP contribution in [0.25, 0.3) is 37.6 Å². The van der Waals surface area contributed by atoms with E-state index in [1.54, 1.807) is 0 Å². The van der Waals surface area contributed by atoms with Gasteiger partial charge in [0.15, 0.2) is 11.9 Å². The van der Waals surface area contributed by atoms with Crippen molar-refractivity contribution in [3.63, 3.8) is 0 Å². The molecule has 0 radical (unpaired) electrons. The second kappa shape index (κ2) is 6.57. The van der Waals surface area contributed by atoms with E-state index in [1.165, 1.54) is 21.9 Å². The molecule has 2 heterocycles. The summed E-state index contributed by atoms with van der Waals surface area (Å²) in [5.74, 6) is 2.31. The minimum absolute atomic E-state index is 0.607. The van der Waals surface area contributed by atoms with Gasteiger partial charge in [0.1, 0.15) is 18.5 Å². The highest BCUT2D eigenvalue weighted by atomic mass is 16.5. The number of rotatable bonds is 2. The molecule has 0 saturated heterocycles. The van der Waals surface area contributed by atoms with E-state index >= 15 is 0 Å². The van der Waals surface area contributed by atoms with E-state index in [0.717, 1.165) is 45.5 Å². The van der Waals surface area contributed by atoms with Crippen LogP contribution in [0.3, 0.4) is 0 Å². The maximum Gasteiger partial charge on any atom is 0.227 e. The fourth-order valence-corrected chi connectivity index (χ4v) is 4.86. The average Bonchev–Trinajstić information content (AvgIpc) is 2.73. The SMILES string of the molecule is [C-]#[N+]c1cc2c3c([n+](C)ccc3c1)-c1c(c(C)c3cc(CC(C)C)ccc3c1C)O2. The van der Waals surface area contributed by atoms with Gasteiger partial charge in [-0.05, 0) is 65.6 Å². The third kappa shape index (κ3) is 2.60. The fraction of sp³-hybridized carbons (Fsp3) is 0.259. The molecule has 0 unspecified atom stereocenters. The molecule has 5 rings (SSSR count). The summed E-state index contributed by atoms with van der Waals surface area (Å²) in [5.41, 5.74) is 6.69. The first-order chi connectivity index (χ1) is 14.4. The zero-order valence-corrected chi connectivity index (χ0v) is 18.1. The van der Waals surface area contributed by atoms with Crippen molar-refractivity contribution in [1.29, 1.82) is 0 Å². The first-order valence-electron chi connectivity index (χ1n) is 10.5. The van der Waals surface area contributed by atoms with Gasteiger partial charge in [0.05, 0.1) is 17.5 Å². The summed E-state index contributed by atoms with van der Waals surface area (Å²) >= 11 is 0. The summed E-state index contributed by atoms with van der Waals surface area (Å²) in [4.78, 5) is 3.65. The normalized spacial score (nSPS) is 12.2. The Hall–Kier alpha value is -3.38. The summed E-state index contributed by atoms with van der Waals surface area (Å²) in [6.07, 6.45) is 3.15. The number of pyridine rings is 1. The van der Waals surface area contributed by atoms with Gasteiger partial charge in [-0.2, -0.15) is 0 Å². The van der Waals surface area contributed by atoms with E-state index in [1.807, 2.05) is 12.1 Å². The topological polar surface area (TPSA) is 17.5 Å². The standard InChI is InChI=1S/C27H25N2O/c1-15(2)11-18-7-8-21-16(3)24-26-25-19(9-10-29(26)6)13-20(28-5)14-23(25)30-27(24)17(4)22(21)12-18/h7-10,12-15H,11H2,1-4,6H3/q+1. The number of fused-ring (bicyclic) bond motifs is 3. The Balaban J connectivity index is 1.89. The van der Waals surface area contributed by atoms with Crippen LogP contribution in [0.2, 0.25) is 0 Å². The molecule has 0 atom stereocenters. The Labute approximate surface area is 177 Å². The van der Waals surface area contributed by atoms with E-state index in [-0.39, 0.29) is 0 Å². The fourth-order valence-electron chi connectivity index (χ4n) is 4.86. The molecule has 1 aromatic heterocycles. The molecule has 0 N–H and O–H groups in total.